The maximum atomic E-state index is 2.35. The van der Waals surface area contributed by atoms with E-state index >= 15 is 0 Å². The first-order valence-electron chi connectivity index (χ1n) is 6.19. The molecule has 2 aromatic carbocycles. The molecule has 0 unspecified atom stereocenters. The average Bonchev–Trinajstić information content (AvgIpc) is 2.93. The zero-order valence-electron chi connectivity index (χ0n) is 10.1. The lowest BCUT2D eigenvalue weighted by molar-refractivity contribution is 1.15. The molecule has 0 nitrogen and oxygen atoms in total. The molecule has 4 rings (SSSR count). The normalized spacial score (nSPS) is 11.8. The fourth-order valence-electron chi connectivity index (χ4n) is 2.47. The topological polar surface area (TPSA) is 0 Å². The second-order valence-electron chi connectivity index (χ2n) is 4.54. The van der Waals surface area contributed by atoms with Crippen LogP contribution in [0.3, 0.4) is 0 Å². The number of fused-ring (bicyclic) bond motifs is 5. The van der Waals surface area contributed by atoms with Crippen LogP contribution in [0.5, 0.6) is 0 Å². The number of rotatable bonds is 1. The molecular formula is C16H12S2. The van der Waals surface area contributed by atoms with E-state index < -0.39 is 0 Å². The van der Waals surface area contributed by atoms with Gasteiger partial charge in [0.05, 0.1) is 9.40 Å². The van der Waals surface area contributed by atoms with E-state index in [0.29, 0.717) is 0 Å². The van der Waals surface area contributed by atoms with Crippen LogP contribution in [0.25, 0.3) is 29.6 Å². The lowest BCUT2D eigenvalue weighted by Crippen LogP contribution is -1.76. The van der Waals surface area contributed by atoms with E-state index in [1.165, 1.54) is 35.1 Å². The molecule has 2 heterocycles. The van der Waals surface area contributed by atoms with Gasteiger partial charge in [-0.2, -0.15) is 0 Å². The maximum Gasteiger partial charge on any atom is 0.0542 e. The summed E-state index contributed by atoms with van der Waals surface area (Å²) in [5.74, 6) is 0. The summed E-state index contributed by atoms with van der Waals surface area (Å²) in [6, 6.07) is 15.6. The Morgan fingerprint density at radius 1 is 0.833 bits per heavy atom. The van der Waals surface area contributed by atoms with Crippen molar-refractivity contribution < 1.29 is 0 Å². The van der Waals surface area contributed by atoms with E-state index in [4.69, 9.17) is 0 Å². The largest absolute Gasteiger partial charge is 0.134 e. The number of hydrogen-bond donors (Lipinski definition) is 0. The van der Waals surface area contributed by atoms with Crippen molar-refractivity contribution in [3.05, 3.63) is 48.0 Å². The number of hydrogen-bond acceptors (Lipinski definition) is 2. The highest BCUT2D eigenvalue weighted by Gasteiger charge is 2.11. The number of benzene rings is 2. The Hall–Kier alpha value is -1.38. The Morgan fingerprint density at radius 2 is 1.56 bits per heavy atom. The van der Waals surface area contributed by atoms with Crippen molar-refractivity contribution >= 4 is 52.2 Å². The van der Waals surface area contributed by atoms with Crippen molar-refractivity contribution in [1.29, 1.82) is 0 Å². The summed E-state index contributed by atoms with van der Waals surface area (Å²) in [5.41, 5.74) is 1.43. The Kier molecular flexibility index (Phi) is 2.23. The van der Waals surface area contributed by atoms with Gasteiger partial charge in [-0.1, -0.05) is 37.3 Å². The van der Waals surface area contributed by atoms with Crippen molar-refractivity contribution in [3.8, 4) is 0 Å². The molecule has 88 valence electrons. The van der Waals surface area contributed by atoms with Gasteiger partial charge in [0.25, 0.3) is 0 Å². The lowest BCUT2D eigenvalue weighted by atomic mass is 10.1. The van der Waals surface area contributed by atoms with Gasteiger partial charge in [-0.3, -0.25) is 0 Å². The lowest BCUT2D eigenvalue weighted by Gasteiger charge is -1.95. The molecule has 18 heavy (non-hydrogen) atoms. The van der Waals surface area contributed by atoms with Gasteiger partial charge >= 0.3 is 0 Å². The first kappa shape index (κ1) is 10.5. The van der Waals surface area contributed by atoms with Gasteiger partial charge in [-0.15, -0.1) is 22.7 Å². The Bertz CT molecular complexity index is 865. The molecular weight excluding hydrogens is 256 g/mol. The standard InChI is InChI=1S/C16H12S2/c1-2-10-7-8-12-14(9-10)18-15-11-5-3-4-6-13(11)17-16(12)15/h3-9H,2H2,1H3. The van der Waals surface area contributed by atoms with Gasteiger partial charge in [-0.25, -0.2) is 0 Å². The summed E-state index contributed by atoms with van der Waals surface area (Å²) in [4.78, 5) is 0. The van der Waals surface area contributed by atoms with E-state index in [0.717, 1.165) is 6.42 Å². The molecule has 0 amide bonds. The number of thiophene rings is 2. The van der Waals surface area contributed by atoms with E-state index in [9.17, 15) is 0 Å². The summed E-state index contributed by atoms with van der Waals surface area (Å²) >= 11 is 3.86. The maximum absolute atomic E-state index is 2.35. The Labute approximate surface area is 113 Å². The quantitative estimate of drug-likeness (QED) is 0.407. The van der Waals surface area contributed by atoms with Crippen LogP contribution >= 0.6 is 22.7 Å². The van der Waals surface area contributed by atoms with Crippen LogP contribution in [0, 0.1) is 0 Å². The SMILES string of the molecule is CCc1ccc2c(c1)sc1c3ccccc3sc21. The second-order valence-corrected chi connectivity index (χ2v) is 6.65. The highest BCUT2D eigenvalue weighted by Crippen LogP contribution is 2.44. The van der Waals surface area contributed by atoms with E-state index in [1.807, 2.05) is 22.7 Å². The molecule has 0 saturated carbocycles. The van der Waals surface area contributed by atoms with Crippen LogP contribution in [0.4, 0.5) is 0 Å². The third-order valence-electron chi connectivity index (χ3n) is 3.46. The minimum atomic E-state index is 1.11. The Balaban J connectivity index is 2.18. The van der Waals surface area contributed by atoms with Crippen molar-refractivity contribution in [2.24, 2.45) is 0 Å². The fourth-order valence-corrected chi connectivity index (χ4v) is 5.19. The Morgan fingerprint density at radius 3 is 2.39 bits per heavy atom. The van der Waals surface area contributed by atoms with Gasteiger partial charge < -0.3 is 0 Å². The summed E-state index contributed by atoms with van der Waals surface area (Å²) < 4.78 is 5.75. The summed E-state index contributed by atoms with van der Waals surface area (Å²) in [7, 11) is 0. The monoisotopic (exact) mass is 268 g/mol. The van der Waals surface area contributed by atoms with Gasteiger partial charge in [0, 0.05) is 20.2 Å². The molecule has 0 aliphatic carbocycles. The molecule has 0 N–H and O–H groups in total. The molecule has 0 atom stereocenters. The first-order chi connectivity index (χ1) is 8.86. The van der Waals surface area contributed by atoms with Crippen molar-refractivity contribution in [3.63, 3.8) is 0 Å². The third kappa shape index (κ3) is 1.36. The van der Waals surface area contributed by atoms with Crippen LogP contribution < -0.4 is 0 Å². The molecule has 0 bridgehead atoms. The van der Waals surface area contributed by atoms with Crippen LogP contribution in [-0.2, 0) is 6.42 Å². The summed E-state index contributed by atoms with van der Waals surface area (Å²) in [6.45, 7) is 2.21. The van der Waals surface area contributed by atoms with Gasteiger partial charge in [-0.05, 0) is 24.1 Å². The predicted octanol–water partition coefficient (Wildman–Crippen LogP) is 5.83. The predicted molar refractivity (Wildman–Crippen MR) is 84.1 cm³/mol. The number of aryl methyl sites for hydroxylation is 1. The summed E-state index contributed by atoms with van der Waals surface area (Å²) in [5, 5.41) is 2.84. The highest BCUT2D eigenvalue weighted by atomic mass is 32.1. The van der Waals surface area contributed by atoms with E-state index in [2.05, 4.69) is 49.4 Å². The molecule has 4 aromatic rings. The third-order valence-corrected chi connectivity index (χ3v) is 5.98. The molecule has 0 aliphatic heterocycles. The first-order valence-corrected chi connectivity index (χ1v) is 7.83. The van der Waals surface area contributed by atoms with Crippen LogP contribution in [0.1, 0.15) is 12.5 Å². The van der Waals surface area contributed by atoms with E-state index in [1.54, 1.807) is 0 Å². The minimum absolute atomic E-state index is 1.11. The van der Waals surface area contributed by atoms with Gasteiger partial charge in [0.1, 0.15) is 0 Å². The van der Waals surface area contributed by atoms with Crippen LogP contribution in [0.2, 0.25) is 0 Å². The van der Waals surface area contributed by atoms with Crippen molar-refractivity contribution in [2.45, 2.75) is 13.3 Å². The molecule has 2 aromatic heterocycles. The molecule has 0 spiro atoms. The zero-order valence-corrected chi connectivity index (χ0v) is 11.7. The summed E-state index contributed by atoms with van der Waals surface area (Å²) in [6.07, 6.45) is 1.11. The van der Waals surface area contributed by atoms with Gasteiger partial charge in [0.15, 0.2) is 0 Å². The minimum Gasteiger partial charge on any atom is -0.134 e. The highest BCUT2D eigenvalue weighted by molar-refractivity contribution is 7.36. The fraction of sp³-hybridized carbons (Fsp3) is 0.125. The molecule has 2 heteroatoms. The molecule has 0 saturated heterocycles. The molecule has 0 aliphatic rings. The van der Waals surface area contributed by atoms with Crippen LogP contribution in [0.15, 0.2) is 42.5 Å². The van der Waals surface area contributed by atoms with Gasteiger partial charge in [0.2, 0.25) is 0 Å². The smallest absolute Gasteiger partial charge is 0.0542 e. The second kappa shape index (κ2) is 3.81. The average molecular weight is 268 g/mol. The van der Waals surface area contributed by atoms with Crippen molar-refractivity contribution in [2.75, 3.05) is 0 Å². The molecule has 0 fully saturated rings. The van der Waals surface area contributed by atoms with Crippen molar-refractivity contribution in [1.82, 2.24) is 0 Å². The zero-order chi connectivity index (χ0) is 12.1. The van der Waals surface area contributed by atoms with Crippen LogP contribution in [-0.4, -0.2) is 0 Å². The molecule has 0 radical (unpaired) electrons. The van der Waals surface area contributed by atoms with E-state index in [-0.39, 0.29) is 0 Å².